The molecule has 0 spiro atoms. The fourth-order valence-electron chi connectivity index (χ4n) is 1.85. The first-order chi connectivity index (χ1) is 11.2. The predicted molar refractivity (Wildman–Crippen MR) is 92.9 cm³/mol. The average Bonchev–Trinajstić information content (AvgIpc) is 2.57. The van der Waals surface area contributed by atoms with Crippen molar-refractivity contribution in [2.75, 3.05) is 23.5 Å². The van der Waals surface area contributed by atoms with Crippen LogP contribution in [-0.4, -0.2) is 24.9 Å². The lowest BCUT2D eigenvalue weighted by atomic mass is 10.3. The van der Waals surface area contributed by atoms with Crippen molar-refractivity contribution < 1.29 is 14.3 Å². The van der Waals surface area contributed by atoms with Gasteiger partial charge in [0.05, 0.1) is 19.2 Å². The summed E-state index contributed by atoms with van der Waals surface area (Å²) in [4.78, 5) is 24.1. The number of hydrogen-bond acceptors (Lipinski definition) is 4. The number of benzene rings is 2. The van der Waals surface area contributed by atoms with E-state index in [4.69, 9.17) is 0 Å². The van der Waals surface area contributed by atoms with Crippen LogP contribution in [0.25, 0.3) is 0 Å². The van der Waals surface area contributed by atoms with Gasteiger partial charge in [0.1, 0.15) is 0 Å². The van der Waals surface area contributed by atoms with Crippen molar-refractivity contribution in [2.45, 2.75) is 11.3 Å². The van der Waals surface area contributed by atoms with Crippen LogP contribution in [0.5, 0.6) is 0 Å². The van der Waals surface area contributed by atoms with Crippen LogP contribution in [0.4, 0.5) is 16.2 Å². The number of para-hydroxylation sites is 2. The molecule has 2 amide bonds. The number of anilines is 2. The third-order valence-electron chi connectivity index (χ3n) is 2.96. The molecule has 120 valence electrons. The summed E-state index contributed by atoms with van der Waals surface area (Å²) in [6.45, 7) is 0. The number of esters is 1. The monoisotopic (exact) mass is 330 g/mol. The molecule has 0 radical (unpaired) electrons. The second-order valence-corrected chi connectivity index (χ2v) is 5.75. The van der Waals surface area contributed by atoms with Gasteiger partial charge in [-0.2, -0.15) is 0 Å². The highest BCUT2D eigenvalue weighted by Gasteiger charge is 2.08. The first-order valence-corrected chi connectivity index (χ1v) is 8.09. The molecule has 0 fully saturated rings. The van der Waals surface area contributed by atoms with E-state index in [9.17, 15) is 9.59 Å². The van der Waals surface area contributed by atoms with Gasteiger partial charge < -0.3 is 15.4 Å². The fraction of sp³-hybridized carbons (Fsp3) is 0.176. The second kappa shape index (κ2) is 8.85. The molecular formula is C17H18N2O3S. The van der Waals surface area contributed by atoms with E-state index in [2.05, 4.69) is 15.4 Å². The Hall–Kier alpha value is -2.47. The van der Waals surface area contributed by atoms with Crippen LogP contribution >= 0.6 is 11.8 Å². The number of carbonyl (C=O) groups is 2. The number of ether oxygens (including phenoxy) is 1. The normalized spacial score (nSPS) is 9.96. The van der Waals surface area contributed by atoms with Gasteiger partial charge in [0.25, 0.3) is 0 Å². The average molecular weight is 330 g/mol. The molecule has 0 saturated carbocycles. The third-order valence-corrected chi connectivity index (χ3v) is 4.03. The second-order valence-electron chi connectivity index (χ2n) is 4.62. The van der Waals surface area contributed by atoms with Crippen molar-refractivity contribution in [1.29, 1.82) is 0 Å². The number of thioether (sulfide) groups is 1. The first kappa shape index (κ1) is 16.9. The molecule has 0 saturated heterocycles. The summed E-state index contributed by atoms with van der Waals surface area (Å²) in [6.07, 6.45) is 0.325. The molecule has 6 heteroatoms. The largest absolute Gasteiger partial charge is 0.469 e. The lowest BCUT2D eigenvalue weighted by molar-refractivity contribution is -0.140. The molecular weight excluding hydrogens is 312 g/mol. The van der Waals surface area contributed by atoms with E-state index in [0.717, 1.165) is 10.6 Å². The Morgan fingerprint density at radius 2 is 1.70 bits per heavy atom. The zero-order valence-electron chi connectivity index (χ0n) is 12.7. The van der Waals surface area contributed by atoms with E-state index in [-0.39, 0.29) is 12.0 Å². The molecule has 0 atom stereocenters. The SMILES string of the molecule is COC(=O)CCSc1ccccc1NC(=O)Nc1ccccc1. The molecule has 23 heavy (non-hydrogen) atoms. The third kappa shape index (κ3) is 5.67. The summed E-state index contributed by atoms with van der Waals surface area (Å²) in [5.41, 5.74) is 1.43. The smallest absolute Gasteiger partial charge is 0.323 e. The molecule has 0 unspecified atom stereocenters. The fourth-order valence-corrected chi connectivity index (χ4v) is 2.79. The Balaban J connectivity index is 1.94. The van der Waals surface area contributed by atoms with E-state index in [0.29, 0.717) is 17.9 Å². The van der Waals surface area contributed by atoms with Gasteiger partial charge in [-0.15, -0.1) is 11.8 Å². The van der Waals surface area contributed by atoms with Gasteiger partial charge in [-0.25, -0.2) is 4.79 Å². The van der Waals surface area contributed by atoms with Crippen molar-refractivity contribution in [1.82, 2.24) is 0 Å². The Kier molecular flexibility index (Phi) is 6.50. The first-order valence-electron chi connectivity index (χ1n) is 7.11. The predicted octanol–water partition coefficient (Wildman–Crippen LogP) is 3.99. The Morgan fingerprint density at radius 1 is 1.00 bits per heavy atom. The number of rotatable bonds is 6. The van der Waals surface area contributed by atoms with E-state index >= 15 is 0 Å². The van der Waals surface area contributed by atoms with Gasteiger partial charge in [-0.3, -0.25) is 4.79 Å². The number of amides is 2. The summed E-state index contributed by atoms with van der Waals surface area (Å²) < 4.78 is 4.62. The summed E-state index contributed by atoms with van der Waals surface area (Å²) in [5.74, 6) is 0.343. The number of urea groups is 1. The highest BCUT2D eigenvalue weighted by Crippen LogP contribution is 2.27. The minimum Gasteiger partial charge on any atom is -0.469 e. The molecule has 2 N–H and O–H groups in total. The zero-order valence-corrected chi connectivity index (χ0v) is 13.6. The Bertz CT molecular complexity index is 662. The van der Waals surface area contributed by atoms with Crippen molar-refractivity contribution in [2.24, 2.45) is 0 Å². The maximum Gasteiger partial charge on any atom is 0.323 e. The Labute approximate surface area is 139 Å². The van der Waals surface area contributed by atoms with Gasteiger partial charge in [0.2, 0.25) is 0 Å². The molecule has 2 aromatic carbocycles. The van der Waals surface area contributed by atoms with Crippen molar-refractivity contribution >= 4 is 35.1 Å². The minimum absolute atomic E-state index is 0.246. The highest BCUT2D eigenvalue weighted by molar-refractivity contribution is 7.99. The molecule has 0 aromatic heterocycles. The maximum absolute atomic E-state index is 12.1. The van der Waals surface area contributed by atoms with Crippen LogP contribution in [0, 0.1) is 0 Å². The summed E-state index contributed by atoms with van der Waals surface area (Å²) in [6, 6.07) is 16.4. The van der Waals surface area contributed by atoms with Gasteiger partial charge in [-0.05, 0) is 24.3 Å². The number of nitrogens with one attached hydrogen (secondary N) is 2. The highest BCUT2D eigenvalue weighted by atomic mass is 32.2. The molecule has 0 aliphatic carbocycles. The van der Waals surface area contributed by atoms with E-state index < -0.39 is 0 Å². The molecule has 2 rings (SSSR count). The van der Waals surface area contributed by atoms with Gasteiger partial charge in [-0.1, -0.05) is 30.3 Å². The van der Waals surface area contributed by atoms with Crippen molar-refractivity contribution in [3.8, 4) is 0 Å². The lowest BCUT2D eigenvalue weighted by Crippen LogP contribution is -2.19. The molecule has 5 nitrogen and oxygen atoms in total. The van der Waals surface area contributed by atoms with E-state index in [1.807, 2.05) is 54.6 Å². The molecule has 0 bridgehead atoms. The van der Waals surface area contributed by atoms with Crippen molar-refractivity contribution in [3.63, 3.8) is 0 Å². The topological polar surface area (TPSA) is 67.4 Å². The molecule has 0 heterocycles. The zero-order chi connectivity index (χ0) is 16.5. The van der Waals surface area contributed by atoms with Gasteiger partial charge >= 0.3 is 12.0 Å². The summed E-state index contributed by atoms with van der Waals surface area (Å²) in [7, 11) is 1.37. The van der Waals surface area contributed by atoms with Gasteiger partial charge in [0, 0.05) is 16.3 Å². The van der Waals surface area contributed by atoms with Crippen LogP contribution in [-0.2, 0) is 9.53 Å². The van der Waals surface area contributed by atoms with Crippen LogP contribution in [0.2, 0.25) is 0 Å². The number of hydrogen-bond donors (Lipinski definition) is 2. The number of methoxy groups -OCH3 is 1. The van der Waals surface area contributed by atoms with Crippen LogP contribution in [0.1, 0.15) is 6.42 Å². The minimum atomic E-state index is -0.308. The van der Waals surface area contributed by atoms with E-state index in [1.165, 1.54) is 18.9 Å². The van der Waals surface area contributed by atoms with Gasteiger partial charge in [0.15, 0.2) is 0 Å². The molecule has 2 aromatic rings. The van der Waals surface area contributed by atoms with Crippen LogP contribution in [0.3, 0.4) is 0 Å². The summed E-state index contributed by atoms with van der Waals surface area (Å²) >= 11 is 1.50. The van der Waals surface area contributed by atoms with Crippen LogP contribution in [0.15, 0.2) is 59.5 Å². The standard InChI is InChI=1S/C17H18N2O3S/c1-22-16(20)11-12-23-15-10-6-5-9-14(15)19-17(21)18-13-7-3-2-4-8-13/h2-10H,11-12H2,1H3,(H2,18,19,21). The maximum atomic E-state index is 12.1. The Morgan fingerprint density at radius 3 is 2.43 bits per heavy atom. The van der Waals surface area contributed by atoms with E-state index in [1.54, 1.807) is 0 Å². The summed E-state index contributed by atoms with van der Waals surface area (Å²) in [5, 5.41) is 5.59. The van der Waals surface area contributed by atoms with Crippen molar-refractivity contribution in [3.05, 3.63) is 54.6 Å². The lowest BCUT2D eigenvalue weighted by Gasteiger charge is -2.11. The molecule has 0 aliphatic heterocycles. The van der Waals surface area contributed by atoms with Crippen LogP contribution < -0.4 is 10.6 Å². The quantitative estimate of drug-likeness (QED) is 0.621. The number of carbonyl (C=O) groups excluding carboxylic acids is 2. The molecule has 0 aliphatic rings.